The van der Waals surface area contributed by atoms with Gasteiger partial charge < -0.3 is 15.7 Å². The zero-order valence-electron chi connectivity index (χ0n) is 18.0. The van der Waals surface area contributed by atoms with Crippen LogP contribution in [0.4, 0.5) is 11.8 Å². The molecule has 0 spiro atoms. The number of nitrogens with zero attached hydrogens (tertiary/aromatic N) is 3. The van der Waals surface area contributed by atoms with Crippen LogP contribution >= 0.6 is 11.3 Å². The van der Waals surface area contributed by atoms with Crippen LogP contribution in [0, 0.1) is 12.8 Å². The van der Waals surface area contributed by atoms with Crippen LogP contribution in [0.3, 0.4) is 0 Å². The van der Waals surface area contributed by atoms with Crippen molar-refractivity contribution in [2.75, 3.05) is 17.2 Å². The van der Waals surface area contributed by atoms with Gasteiger partial charge in [-0.2, -0.15) is 4.98 Å². The van der Waals surface area contributed by atoms with E-state index in [1.165, 1.54) is 12.8 Å². The SMILES string of the molecule is CC[C@H](O)CCC(C)Nc1nc(NCC2CC2)nc(C)c1-c1nc2ccccc2s1. The van der Waals surface area contributed by atoms with Crippen molar-refractivity contribution in [3.63, 3.8) is 0 Å². The van der Waals surface area contributed by atoms with Crippen LogP contribution in [-0.4, -0.2) is 38.7 Å². The average Bonchev–Trinajstić information content (AvgIpc) is 3.47. The molecule has 2 atom stereocenters. The fourth-order valence-electron chi connectivity index (χ4n) is 3.50. The summed E-state index contributed by atoms with van der Waals surface area (Å²) in [6.45, 7) is 7.11. The molecule has 0 saturated heterocycles. The third kappa shape index (κ3) is 5.08. The number of thiazole rings is 1. The molecule has 0 radical (unpaired) electrons. The van der Waals surface area contributed by atoms with E-state index in [0.717, 1.165) is 64.0 Å². The summed E-state index contributed by atoms with van der Waals surface area (Å²) < 4.78 is 1.16. The maximum Gasteiger partial charge on any atom is 0.224 e. The molecular weight excluding hydrogens is 394 g/mol. The van der Waals surface area contributed by atoms with Crippen LogP contribution in [0.2, 0.25) is 0 Å². The highest BCUT2D eigenvalue weighted by Gasteiger charge is 2.23. The first kappa shape index (κ1) is 21.0. The summed E-state index contributed by atoms with van der Waals surface area (Å²) in [6.07, 6.45) is 4.77. The van der Waals surface area contributed by atoms with Crippen LogP contribution in [0.5, 0.6) is 0 Å². The quantitative estimate of drug-likeness (QED) is 0.412. The number of aliphatic hydroxyl groups excluding tert-OH is 1. The van der Waals surface area contributed by atoms with Crippen molar-refractivity contribution in [1.82, 2.24) is 15.0 Å². The minimum atomic E-state index is -0.249. The number of anilines is 2. The van der Waals surface area contributed by atoms with Gasteiger partial charge >= 0.3 is 0 Å². The Labute approximate surface area is 182 Å². The largest absolute Gasteiger partial charge is 0.393 e. The lowest BCUT2D eigenvalue weighted by Gasteiger charge is -2.19. The molecule has 4 rings (SSSR count). The van der Waals surface area contributed by atoms with E-state index >= 15 is 0 Å². The minimum absolute atomic E-state index is 0.185. The van der Waals surface area contributed by atoms with Gasteiger partial charge in [-0.3, -0.25) is 0 Å². The first-order valence-corrected chi connectivity index (χ1v) is 11.8. The summed E-state index contributed by atoms with van der Waals surface area (Å²) in [5.74, 6) is 2.25. The number of aliphatic hydroxyl groups is 1. The number of rotatable bonds is 10. The third-order valence-electron chi connectivity index (χ3n) is 5.63. The van der Waals surface area contributed by atoms with Crippen LogP contribution in [0.25, 0.3) is 20.8 Å². The van der Waals surface area contributed by atoms with Gasteiger partial charge in [0.2, 0.25) is 5.95 Å². The molecule has 1 fully saturated rings. The van der Waals surface area contributed by atoms with Crippen molar-refractivity contribution < 1.29 is 5.11 Å². The van der Waals surface area contributed by atoms with E-state index < -0.39 is 0 Å². The van der Waals surface area contributed by atoms with Gasteiger partial charge in [-0.05, 0) is 64.0 Å². The predicted octanol–water partition coefficient (Wildman–Crippen LogP) is 5.24. The lowest BCUT2D eigenvalue weighted by molar-refractivity contribution is 0.156. The summed E-state index contributed by atoms with van der Waals surface area (Å²) in [6, 6.07) is 8.38. The normalized spacial score (nSPS) is 15.9. The van der Waals surface area contributed by atoms with E-state index in [1.807, 2.05) is 32.0 Å². The second kappa shape index (κ2) is 9.27. The highest BCUT2D eigenvalue weighted by atomic mass is 32.1. The number of para-hydroxylation sites is 1. The minimum Gasteiger partial charge on any atom is -0.393 e. The van der Waals surface area contributed by atoms with Gasteiger partial charge in [-0.1, -0.05) is 19.1 Å². The smallest absolute Gasteiger partial charge is 0.224 e. The standard InChI is InChI=1S/C23H31N5OS/c1-4-17(29)12-9-14(2)25-21-20(22-27-18-7-5-6-8-19(18)30-22)15(3)26-23(28-21)24-13-16-10-11-16/h5-8,14,16-17,29H,4,9-13H2,1-3H3,(H2,24,25,26,28)/t14?,17-/m0/s1. The van der Waals surface area contributed by atoms with E-state index in [9.17, 15) is 5.11 Å². The van der Waals surface area contributed by atoms with E-state index in [0.29, 0.717) is 5.95 Å². The summed E-state index contributed by atoms with van der Waals surface area (Å²) in [5, 5.41) is 17.9. The number of aromatic nitrogens is 3. The van der Waals surface area contributed by atoms with Crippen molar-refractivity contribution in [3.05, 3.63) is 30.0 Å². The molecule has 6 nitrogen and oxygen atoms in total. The van der Waals surface area contributed by atoms with Gasteiger partial charge in [0.05, 0.1) is 27.6 Å². The Bertz CT molecular complexity index is 967. The monoisotopic (exact) mass is 425 g/mol. The topological polar surface area (TPSA) is 83.0 Å². The molecule has 30 heavy (non-hydrogen) atoms. The van der Waals surface area contributed by atoms with Crippen molar-refractivity contribution in [3.8, 4) is 10.6 Å². The van der Waals surface area contributed by atoms with Gasteiger partial charge in [0, 0.05) is 12.6 Å². The molecular formula is C23H31N5OS. The molecule has 1 aliphatic rings. The van der Waals surface area contributed by atoms with Crippen LogP contribution in [0.1, 0.15) is 51.6 Å². The lowest BCUT2D eigenvalue weighted by Crippen LogP contribution is -2.20. The number of fused-ring (bicyclic) bond motifs is 1. The molecule has 0 bridgehead atoms. The molecule has 1 aliphatic carbocycles. The Balaban J connectivity index is 1.64. The summed E-state index contributed by atoms with van der Waals surface area (Å²) in [5.41, 5.74) is 2.89. The Hall–Kier alpha value is -2.25. The lowest BCUT2D eigenvalue weighted by atomic mass is 10.1. The molecule has 0 amide bonds. The molecule has 0 aliphatic heterocycles. The van der Waals surface area contributed by atoms with Gasteiger partial charge in [0.25, 0.3) is 0 Å². The highest BCUT2D eigenvalue weighted by molar-refractivity contribution is 7.21. The molecule has 3 N–H and O–H groups in total. The maximum atomic E-state index is 9.93. The summed E-state index contributed by atoms with van der Waals surface area (Å²) in [7, 11) is 0. The van der Waals surface area contributed by atoms with Crippen LogP contribution in [-0.2, 0) is 0 Å². The zero-order chi connectivity index (χ0) is 21.1. The van der Waals surface area contributed by atoms with E-state index in [-0.39, 0.29) is 12.1 Å². The molecule has 1 unspecified atom stereocenters. The summed E-state index contributed by atoms with van der Waals surface area (Å²) >= 11 is 1.67. The van der Waals surface area contributed by atoms with E-state index in [2.05, 4.69) is 23.6 Å². The first-order valence-electron chi connectivity index (χ1n) is 11.0. The molecule has 1 aromatic carbocycles. The number of hydrogen-bond donors (Lipinski definition) is 3. The molecule has 160 valence electrons. The van der Waals surface area contributed by atoms with Crippen molar-refractivity contribution in [1.29, 1.82) is 0 Å². The van der Waals surface area contributed by atoms with Crippen LogP contribution in [0.15, 0.2) is 24.3 Å². The second-order valence-electron chi connectivity index (χ2n) is 8.35. The van der Waals surface area contributed by atoms with Gasteiger partial charge in [-0.15, -0.1) is 11.3 Å². The van der Waals surface area contributed by atoms with E-state index in [1.54, 1.807) is 11.3 Å². The maximum absolute atomic E-state index is 9.93. The molecule has 3 aromatic rings. The second-order valence-corrected chi connectivity index (χ2v) is 9.38. The molecule has 7 heteroatoms. The van der Waals surface area contributed by atoms with Gasteiger partial charge in [-0.25, -0.2) is 9.97 Å². The summed E-state index contributed by atoms with van der Waals surface area (Å²) in [4.78, 5) is 14.4. The number of aryl methyl sites for hydroxylation is 1. The third-order valence-corrected chi connectivity index (χ3v) is 6.68. The Kier molecular flexibility index (Phi) is 6.49. The average molecular weight is 426 g/mol. The fourth-order valence-corrected chi connectivity index (χ4v) is 4.56. The van der Waals surface area contributed by atoms with Crippen LogP contribution < -0.4 is 10.6 Å². The zero-order valence-corrected chi connectivity index (χ0v) is 18.8. The Morgan fingerprint density at radius 2 is 1.97 bits per heavy atom. The fraction of sp³-hybridized carbons (Fsp3) is 0.522. The van der Waals surface area contributed by atoms with Gasteiger partial charge in [0.1, 0.15) is 10.8 Å². The number of hydrogen-bond acceptors (Lipinski definition) is 7. The Morgan fingerprint density at radius 3 is 2.70 bits per heavy atom. The van der Waals surface area contributed by atoms with Crippen molar-refractivity contribution >= 4 is 33.3 Å². The first-order chi connectivity index (χ1) is 14.5. The van der Waals surface area contributed by atoms with E-state index in [4.69, 9.17) is 15.0 Å². The van der Waals surface area contributed by atoms with Gasteiger partial charge in [0.15, 0.2) is 0 Å². The number of benzene rings is 1. The van der Waals surface area contributed by atoms with Crippen molar-refractivity contribution in [2.24, 2.45) is 5.92 Å². The molecule has 2 heterocycles. The Morgan fingerprint density at radius 1 is 1.17 bits per heavy atom. The highest BCUT2D eigenvalue weighted by Crippen LogP contribution is 2.36. The number of nitrogens with one attached hydrogen (secondary N) is 2. The molecule has 1 saturated carbocycles. The predicted molar refractivity (Wildman–Crippen MR) is 125 cm³/mol. The molecule has 2 aromatic heterocycles. The van der Waals surface area contributed by atoms with Crippen molar-refractivity contribution in [2.45, 2.75) is 65.0 Å².